The Morgan fingerprint density at radius 2 is 0.452 bits per heavy atom. The predicted octanol–water partition coefficient (Wildman–Crippen LogP) is 12.2. The summed E-state index contributed by atoms with van der Waals surface area (Å²) in [5, 5.41) is 0. The Morgan fingerprint density at radius 3 is 0.677 bits per heavy atom. The number of hydrogen-bond acceptors (Lipinski definition) is 2. The van der Waals surface area contributed by atoms with Gasteiger partial charge in [0.1, 0.15) is 0 Å². The summed E-state index contributed by atoms with van der Waals surface area (Å²) in [7, 11) is 4.27. The van der Waals surface area contributed by atoms with Crippen LogP contribution < -0.4 is 0 Å². The van der Waals surface area contributed by atoms with Crippen molar-refractivity contribution in [3.05, 3.63) is 0 Å². The van der Waals surface area contributed by atoms with Crippen molar-refractivity contribution in [2.45, 2.75) is 174 Å². The van der Waals surface area contributed by atoms with Crippen LogP contribution in [0.25, 0.3) is 0 Å². The molecule has 0 saturated heterocycles. The highest BCUT2D eigenvalue weighted by atomic mass is 33.1. The van der Waals surface area contributed by atoms with E-state index in [9.17, 15) is 0 Å². The Balaban J connectivity index is 2.98. The molecule has 0 spiro atoms. The molecule has 0 aliphatic heterocycles. The Labute approximate surface area is 207 Å². The molecule has 0 fully saturated rings. The first-order valence-electron chi connectivity index (χ1n) is 14.7. The molecule has 0 heterocycles. The van der Waals surface area contributed by atoms with Crippen molar-refractivity contribution in [3.8, 4) is 0 Å². The van der Waals surface area contributed by atoms with Crippen LogP contribution in [0.1, 0.15) is 174 Å². The largest absolute Gasteiger partial charge is 0.0942 e. The quantitative estimate of drug-likeness (QED) is 0.0819. The minimum absolute atomic E-state index is 1.37. The molecule has 0 aromatic rings. The van der Waals surface area contributed by atoms with E-state index >= 15 is 0 Å². The minimum atomic E-state index is 1.37. The fraction of sp³-hybridized carbons (Fsp3) is 1.00. The number of unbranched alkanes of at least 4 members (excludes halogenated alkanes) is 23. The molecule has 0 rings (SSSR count). The molecule has 0 radical (unpaired) electrons. The van der Waals surface area contributed by atoms with Gasteiger partial charge in [0.2, 0.25) is 0 Å². The lowest BCUT2D eigenvalue weighted by Crippen LogP contribution is -1.85. The van der Waals surface area contributed by atoms with Gasteiger partial charge in [0.05, 0.1) is 0 Å². The van der Waals surface area contributed by atoms with E-state index in [0.717, 1.165) is 0 Å². The summed E-state index contributed by atoms with van der Waals surface area (Å²) in [5.74, 6) is 2.75. The monoisotopic (exact) mass is 472 g/mol. The molecular formula is C29H60S2. The van der Waals surface area contributed by atoms with E-state index < -0.39 is 0 Å². The lowest BCUT2D eigenvalue weighted by molar-refractivity contribution is 0.532. The Morgan fingerprint density at radius 1 is 0.258 bits per heavy atom. The smallest absolute Gasteiger partial charge is 0.00369 e. The maximum Gasteiger partial charge on any atom is 0.00369 e. The maximum absolute atomic E-state index is 2.30. The topological polar surface area (TPSA) is 0 Å². The first-order chi connectivity index (χ1) is 15.4. The van der Waals surface area contributed by atoms with Gasteiger partial charge in [0.25, 0.3) is 0 Å². The summed E-state index contributed by atoms with van der Waals surface area (Å²) >= 11 is 0. The number of hydrogen-bond donors (Lipinski definition) is 0. The zero-order valence-corrected chi connectivity index (χ0v) is 23.5. The SMILES string of the molecule is CCCCCCCCCCCCCCCCCCSSCCCCCCCCCCC. The van der Waals surface area contributed by atoms with Crippen LogP contribution in [0.3, 0.4) is 0 Å². The second-order valence-corrected chi connectivity index (χ2v) is 12.5. The molecule has 188 valence electrons. The molecule has 0 unspecified atom stereocenters. The second-order valence-electron chi connectivity index (χ2n) is 9.78. The van der Waals surface area contributed by atoms with Crippen molar-refractivity contribution in [2.24, 2.45) is 0 Å². The third-order valence-corrected chi connectivity index (χ3v) is 9.07. The van der Waals surface area contributed by atoms with Gasteiger partial charge in [-0.05, 0) is 12.8 Å². The van der Waals surface area contributed by atoms with Gasteiger partial charge in [0, 0.05) is 11.5 Å². The third-order valence-electron chi connectivity index (χ3n) is 6.50. The van der Waals surface area contributed by atoms with E-state index in [2.05, 4.69) is 35.4 Å². The fourth-order valence-corrected chi connectivity index (χ4v) is 6.59. The van der Waals surface area contributed by atoms with Crippen LogP contribution in [0, 0.1) is 0 Å². The maximum atomic E-state index is 2.30. The molecule has 0 aromatic heterocycles. The van der Waals surface area contributed by atoms with E-state index in [0.29, 0.717) is 0 Å². The zero-order valence-electron chi connectivity index (χ0n) is 21.9. The van der Waals surface area contributed by atoms with Crippen molar-refractivity contribution in [2.75, 3.05) is 11.5 Å². The van der Waals surface area contributed by atoms with E-state index in [1.165, 1.54) is 172 Å². The lowest BCUT2D eigenvalue weighted by Gasteiger charge is -2.04. The zero-order chi connectivity index (χ0) is 22.5. The summed E-state index contributed by atoms with van der Waals surface area (Å²) < 4.78 is 0. The van der Waals surface area contributed by atoms with Gasteiger partial charge in [-0.15, -0.1) is 0 Å². The molecule has 0 aromatic carbocycles. The molecule has 31 heavy (non-hydrogen) atoms. The molecule has 0 N–H and O–H groups in total. The fourth-order valence-electron chi connectivity index (χ4n) is 4.30. The summed E-state index contributed by atoms with van der Waals surface area (Å²) in [5.41, 5.74) is 0. The van der Waals surface area contributed by atoms with Gasteiger partial charge >= 0.3 is 0 Å². The average Bonchev–Trinajstić information content (AvgIpc) is 2.78. The number of rotatable bonds is 28. The Hall–Kier alpha value is 0.700. The summed E-state index contributed by atoms with van der Waals surface area (Å²) in [4.78, 5) is 0. The van der Waals surface area contributed by atoms with Gasteiger partial charge in [-0.1, -0.05) is 183 Å². The van der Waals surface area contributed by atoms with Crippen molar-refractivity contribution in [1.82, 2.24) is 0 Å². The minimum Gasteiger partial charge on any atom is -0.0942 e. The summed E-state index contributed by atoms with van der Waals surface area (Å²) in [6, 6.07) is 0. The van der Waals surface area contributed by atoms with E-state index in [1.807, 2.05) is 0 Å². The molecule has 0 nitrogen and oxygen atoms in total. The lowest BCUT2D eigenvalue weighted by atomic mass is 10.0. The van der Waals surface area contributed by atoms with Gasteiger partial charge < -0.3 is 0 Å². The molecule has 2 heteroatoms. The van der Waals surface area contributed by atoms with E-state index in [1.54, 1.807) is 0 Å². The van der Waals surface area contributed by atoms with Crippen LogP contribution in [0.4, 0.5) is 0 Å². The van der Waals surface area contributed by atoms with Gasteiger partial charge in [0.15, 0.2) is 0 Å². The summed E-state index contributed by atoms with van der Waals surface area (Å²) in [6.07, 6.45) is 36.5. The van der Waals surface area contributed by atoms with Crippen LogP contribution in [0.5, 0.6) is 0 Å². The van der Waals surface area contributed by atoms with Crippen molar-refractivity contribution >= 4 is 21.6 Å². The molecule has 0 aliphatic rings. The Bertz CT molecular complexity index is 264. The van der Waals surface area contributed by atoms with Crippen molar-refractivity contribution in [1.29, 1.82) is 0 Å². The molecular weight excluding hydrogens is 412 g/mol. The third kappa shape index (κ3) is 30.7. The molecule has 0 atom stereocenters. The highest BCUT2D eigenvalue weighted by molar-refractivity contribution is 8.76. The normalized spacial score (nSPS) is 11.4. The molecule has 0 amide bonds. The van der Waals surface area contributed by atoms with Crippen LogP contribution >= 0.6 is 21.6 Å². The first-order valence-corrected chi connectivity index (χ1v) is 17.1. The van der Waals surface area contributed by atoms with E-state index in [-0.39, 0.29) is 0 Å². The predicted molar refractivity (Wildman–Crippen MR) is 152 cm³/mol. The molecule has 0 saturated carbocycles. The molecule has 0 bridgehead atoms. The average molecular weight is 473 g/mol. The highest BCUT2D eigenvalue weighted by Gasteiger charge is 1.96. The first kappa shape index (κ1) is 31.7. The standard InChI is InChI=1S/C29H60S2/c1-3-5-7-9-11-13-14-15-16-17-18-19-21-23-25-27-29-31-30-28-26-24-22-20-12-10-8-6-4-2/h3-29H2,1-2H3. The van der Waals surface area contributed by atoms with Crippen molar-refractivity contribution < 1.29 is 0 Å². The summed E-state index contributed by atoms with van der Waals surface area (Å²) in [6.45, 7) is 4.61. The van der Waals surface area contributed by atoms with Gasteiger partial charge in [-0.3, -0.25) is 0 Å². The Kier molecular flexibility index (Phi) is 31.4. The van der Waals surface area contributed by atoms with Crippen LogP contribution in [-0.2, 0) is 0 Å². The van der Waals surface area contributed by atoms with Gasteiger partial charge in [-0.25, -0.2) is 0 Å². The second kappa shape index (κ2) is 30.7. The van der Waals surface area contributed by atoms with Gasteiger partial charge in [-0.2, -0.15) is 0 Å². The van der Waals surface area contributed by atoms with Crippen LogP contribution in [0.15, 0.2) is 0 Å². The highest BCUT2D eigenvalue weighted by Crippen LogP contribution is 2.25. The van der Waals surface area contributed by atoms with Crippen LogP contribution in [0.2, 0.25) is 0 Å². The van der Waals surface area contributed by atoms with Crippen molar-refractivity contribution in [3.63, 3.8) is 0 Å². The molecule has 0 aliphatic carbocycles. The van der Waals surface area contributed by atoms with Crippen LogP contribution in [-0.4, -0.2) is 11.5 Å². The van der Waals surface area contributed by atoms with E-state index in [4.69, 9.17) is 0 Å².